The van der Waals surface area contributed by atoms with Crippen molar-refractivity contribution in [3.8, 4) is 11.4 Å². The van der Waals surface area contributed by atoms with Gasteiger partial charge in [0.15, 0.2) is 5.60 Å². The summed E-state index contributed by atoms with van der Waals surface area (Å²) in [4.78, 5) is 41.4. The molecule has 0 unspecified atom stereocenters. The number of primary amides is 1. The number of aromatic nitrogens is 2. The Hall–Kier alpha value is -3.72. The molecule has 0 saturated heterocycles. The largest absolute Gasteiger partial charge is 0.458 e. The number of aliphatic hydroxyl groups is 1. The lowest BCUT2D eigenvalue weighted by molar-refractivity contribution is -0.172. The maximum Gasteiger partial charge on any atom is 0.343 e. The Balaban J connectivity index is 1.67. The molecule has 1 atom stereocenters. The molecule has 5 N–H and O–H groups in total. The first-order valence-corrected chi connectivity index (χ1v) is 10.4. The van der Waals surface area contributed by atoms with E-state index in [2.05, 4.69) is 0 Å². The lowest BCUT2D eigenvalue weighted by atomic mass is 9.86. The van der Waals surface area contributed by atoms with E-state index in [-0.39, 0.29) is 36.1 Å². The minimum Gasteiger partial charge on any atom is -0.458 e. The van der Waals surface area contributed by atoms with Gasteiger partial charge in [0.25, 0.3) is 5.56 Å². The minimum absolute atomic E-state index is 0.0876. The van der Waals surface area contributed by atoms with Crippen molar-refractivity contribution >= 4 is 28.5 Å². The van der Waals surface area contributed by atoms with Crippen LogP contribution in [0.2, 0.25) is 0 Å². The first-order valence-electron chi connectivity index (χ1n) is 10.4. The van der Waals surface area contributed by atoms with Gasteiger partial charge in [0, 0.05) is 28.6 Å². The molecule has 9 heteroatoms. The molecule has 164 valence electrons. The summed E-state index contributed by atoms with van der Waals surface area (Å²) >= 11 is 0. The number of fused-ring (bicyclic) bond motifs is 5. The fraction of sp³-hybridized carbons (Fsp3) is 0.304. The second-order valence-corrected chi connectivity index (χ2v) is 8.27. The third-order valence-corrected chi connectivity index (χ3v) is 6.46. The number of nitrogens with zero attached hydrogens (tertiary/aromatic N) is 2. The number of ether oxygens (including phenoxy) is 1. The zero-order chi connectivity index (χ0) is 22.8. The summed E-state index contributed by atoms with van der Waals surface area (Å²) in [5.74, 6) is -1.15. The summed E-state index contributed by atoms with van der Waals surface area (Å²) < 4.78 is 6.67. The quantitative estimate of drug-likeness (QED) is 0.321. The van der Waals surface area contributed by atoms with E-state index in [0.29, 0.717) is 35.6 Å². The number of hydrogen-bond acceptors (Lipinski definition) is 7. The van der Waals surface area contributed by atoms with Gasteiger partial charge in [-0.2, -0.15) is 0 Å². The highest BCUT2D eigenvalue weighted by Crippen LogP contribution is 2.39. The van der Waals surface area contributed by atoms with Crippen LogP contribution in [0.1, 0.15) is 42.0 Å². The van der Waals surface area contributed by atoms with Gasteiger partial charge in [-0.25, -0.2) is 9.78 Å². The topological polar surface area (TPSA) is 151 Å². The Bertz CT molecular complexity index is 1390. The molecular weight excluding hydrogens is 412 g/mol. The molecule has 0 bridgehead atoms. The third-order valence-electron chi connectivity index (χ3n) is 6.46. The number of anilines is 1. The fourth-order valence-corrected chi connectivity index (χ4v) is 4.60. The normalized spacial score (nSPS) is 18.8. The Morgan fingerprint density at radius 3 is 2.81 bits per heavy atom. The summed E-state index contributed by atoms with van der Waals surface area (Å²) in [7, 11) is 0. The van der Waals surface area contributed by atoms with E-state index in [4.69, 9.17) is 21.2 Å². The molecule has 2 aliphatic heterocycles. The average molecular weight is 434 g/mol. The van der Waals surface area contributed by atoms with E-state index in [1.807, 2.05) is 18.2 Å². The van der Waals surface area contributed by atoms with Crippen molar-refractivity contribution in [2.24, 2.45) is 5.73 Å². The SMILES string of the molecule is CC[C@@]1(O)C(=O)OCc2c1cc1n(c2=O)Cc2cc3c(N)c(CCC(N)=O)ccc3nc2-1. The molecule has 0 spiro atoms. The van der Waals surface area contributed by atoms with Crippen molar-refractivity contribution < 1.29 is 19.4 Å². The van der Waals surface area contributed by atoms with E-state index in [1.165, 1.54) is 0 Å². The van der Waals surface area contributed by atoms with Crippen LogP contribution >= 0.6 is 0 Å². The molecule has 5 rings (SSSR count). The number of hydrogen-bond donors (Lipinski definition) is 3. The van der Waals surface area contributed by atoms with Crippen LogP contribution in [0, 0.1) is 0 Å². The van der Waals surface area contributed by atoms with Crippen molar-refractivity contribution in [1.82, 2.24) is 9.55 Å². The van der Waals surface area contributed by atoms with Gasteiger partial charge >= 0.3 is 5.97 Å². The smallest absolute Gasteiger partial charge is 0.343 e. The van der Waals surface area contributed by atoms with Gasteiger partial charge in [0.05, 0.1) is 29.0 Å². The molecule has 0 fully saturated rings. The van der Waals surface area contributed by atoms with E-state index >= 15 is 0 Å². The van der Waals surface area contributed by atoms with Crippen LogP contribution in [0.4, 0.5) is 5.69 Å². The maximum absolute atomic E-state index is 13.2. The fourth-order valence-electron chi connectivity index (χ4n) is 4.60. The van der Waals surface area contributed by atoms with Crippen LogP contribution in [0.15, 0.2) is 29.1 Å². The molecule has 32 heavy (non-hydrogen) atoms. The monoisotopic (exact) mass is 434 g/mol. The number of nitrogen functional groups attached to an aromatic ring is 1. The van der Waals surface area contributed by atoms with Crippen molar-refractivity contribution in [2.75, 3.05) is 5.73 Å². The molecular formula is C23H22N4O5. The van der Waals surface area contributed by atoms with Gasteiger partial charge in [-0.1, -0.05) is 13.0 Å². The zero-order valence-electron chi connectivity index (χ0n) is 17.5. The van der Waals surface area contributed by atoms with E-state index < -0.39 is 17.5 Å². The van der Waals surface area contributed by atoms with E-state index in [9.17, 15) is 19.5 Å². The number of esters is 1. The predicted octanol–water partition coefficient (Wildman–Crippen LogP) is 1.08. The summed E-state index contributed by atoms with van der Waals surface area (Å²) in [6, 6.07) is 7.22. The second kappa shape index (κ2) is 6.89. The molecule has 1 aromatic carbocycles. The number of carbonyl (C=O) groups excluding carboxylic acids is 2. The standard InChI is InChI=1S/C23H22N4O5/c1-2-23(31)15-8-17-20-12(9-27(17)21(29)14(15)10-32-22(23)30)7-13-16(26-20)5-3-11(19(13)25)4-6-18(24)28/h3,5,7-8,31H,2,4,6,9-10,25H2,1H3,(H2,24,28)/t23-/m0/s1. The number of cyclic esters (lactones) is 1. The van der Waals surface area contributed by atoms with Crippen LogP contribution in [0.5, 0.6) is 0 Å². The molecule has 0 saturated carbocycles. The zero-order valence-corrected chi connectivity index (χ0v) is 17.5. The molecule has 4 heterocycles. The van der Waals surface area contributed by atoms with E-state index in [0.717, 1.165) is 16.5 Å². The molecule has 1 amide bonds. The van der Waals surface area contributed by atoms with Crippen molar-refractivity contribution in [2.45, 2.75) is 44.9 Å². The third kappa shape index (κ3) is 2.74. The van der Waals surface area contributed by atoms with Gasteiger partial charge in [-0.05, 0) is 36.6 Å². The van der Waals surface area contributed by atoms with Crippen molar-refractivity contribution in [3.63, 3.8) is 0 Å². The van der Waals surface area contributed by atoms with Crippen LogP contribution in [0.3, 0.4) is 0 Å². The Morgan fingerprint density at radius 1 is 1.31 bits per heavy atom. The number of rotatable bonds is 4. The molecule has 2 aromatic heterocycles. The number of amides is 1. The summed E-state index contributed by atoms with van der Waals surface area (Å²) in [5.41, 5.74) is 14.0. The van der Waals surface area contributed by atoms with Crippen molar-refractivity contribution in [1.29, 1.82) is 0 Å². The first-order chi connectivity index (χ1) is 15.2. The van der Waals surface area contributed by atoms with Gasteiger partial charge in [0.1, 0.15) is 6.61 Å². The van der Waals surface area contributed by atoms with Crippen LogP contribution < -0.4 is 17.0 Å². The number of carbonyl (C=O) groups is 2. The first kappa shape index (κ1) is 20.2. The number of pyridine rings is 2. The maximum atomic E-state index is 13.2. The molecule has 3 aromatic rings. The Kier molecular flexibility index (Phi) is 4.35. The predicted molar refractivity (Wildman–Crippen MR) is 116 cm³/mol. The van der Waals surface area contributed by atoms with Gasteiger partial charge in [0.2, 0.25) is 5.91 Å². The van der Waals surface area contributed by atoms with Crippen LogP contribution in [-0.2, 0) is 39.5 Å². The molecule has 0 aliphatic carbocycles. The average Bonchev–Trinajstić information content (AvgIpc) is 3.13. The lowest BCUT2D eigenvalue weighted by Crippen LogP contribution is -2.44. The van der Waals surface area contributed by atoms with Gasteiger partial charge in [-0.15, -0.1) is 0 Å². The number of nitrogens with two attached hydrogens (primary N) is 2. The second-order valence-electron chi connectivity index (χ2n) is 8.27. The van der Waals surface area contributed by atoms with E-state index in [1.54, 1.807) is 17.6 Å². The molecule has 2 aliphatic rings. The highest BCUT2D eigenvalue weighted by Gasteiger charge is 2.45. The van der Waals surface area contributed by atoms with Crippen molar-refractivity contribution in [3.05, 3.63) is 56.9 Å². The lowest BCUT2D eigenvalue weighted by Gasteiger charge is -2.31. The summed E-state index contributed by atoms with van der Waals surface area (Å²) in [6.45, 7) is 1.79. The highest BCUT2D eigenvalue weighted by atomic mass is 16.6. The Labute approximate surface area is 182 Å². The highest BCUT2D eigenvalue weighted by molar-refractivity contribution is 5.95. The Morgan fingerprint density at radius 2 is 2.09 bits per heavy atom. The van der Waals surface area contributed by atoms with Crippen LogP contribution in [-0.4, -0.2) is 26.5 Å². The number of benzene rings is 1. The summed E-state index contributed by atoms with van der Waals surface area (Å²) in [6.07, 6.45) is 0.718. The number of aryl methyl sites for hydroxylation is 1. The molecule has 9 nitrogen and oxygen atoms in total. The van der Waals surface area contributed by atoms with Gasteiger partial charge in [-0.3, -0.25) is 9.59 Å². The summed E-state index contributed by atoms with van der Waals surface area (Å²) in [5, 5.41) is 11.7. The van der Waals surface area contributed by atoms with Crippen LogP contribution in [0.25, 0.3) is 22.3 Å². The minimum atomic E-state index is -1.86. The van der Waals surface area contributed by atoms with Gasteiger partial charge < -0.3 is 25.9 Å². The molecule has 0 radical (unpaired) electrons.